The van der Waals surface area contributed by atoms with Gasteiger partial charge in [-0.15, -0.1) is 0 Å². The molecule has 0 radical (unpaired) electrons. The van der Waals surface area contributed by atoms with Gasteiger partial charge in [0.15, 0.2) is 0 Å². The minimum atomic E-state index is -0.872. The van der Waals surface area contributed by atoms with Crippen molar-refractivity contribution >= 4 is 11.9 Å². The number of carbonyl (C=O) groups is 2. The van der Waals surface area contributed by atoms with E-state index in [0.29, 0.717) is 12.3 Å². The van der Waals surface area contributed by atoms with Gasteiger partial charge in [-0.2, -0.15) is 0 Å². The molecule has 1 amide bonds. The number of carbonyl (C=O) groups excluding carboxylic acids is 1. The summed E-state index contributed by atoms with van der Waals surface area (Å²) in [5.41, 5.74) is 0. The van der Waals surface area contributed by atoms with E-state index >= 15 is 0 Å². The van der Waals surface area contributed by atoms with Gasteiger partial charge < -0.3 is 15.2 Å². The van der Waals surface area contributed by atoms with Crippen LogP contribution in [0, 0.1) is 11.8 Å². The van der Waals surface area contributed by atoms with Gasteiger partial charge in [0.25, 0.3) is 0 Å². The van der Waals surface area contributed by atoms with Crippen LogP contribution in [0.2, 0.25) is 0 Å². The maximum Gasteiger partial charge on any atom is 0.308 e. The van der Waals surface area contributed by atoms with Crippen LogP contribution in [0.25, 0.3) is 0 Å². The van der Waals surface area contributed by atoms with E-state index in [0.717, 1.165) is 0 Å². The quantitative estimate of drug-likeness (QED) is 0.675. The molecule has 0 aliphatic heterocycles. The van der Waals surface area contributed by atoms with Crippen molar-refractivity contribution in [2.24, 2.45) is 11.8 Å². The fourth-order valence-corrected chi connectivity index (χ4v) is 1.37. The first-order valence-corrected chi connectivity index (χ1v) is 5.94. The van der Waals surface area contributed by atoms with Crippen molar-refractivity contribution in [3.05, 3.63) is 0 Å². The molecule has 100 valence electrons. The fourth-order valence-electron chi connectivity index (χ4n) is 1.37. The summed E-state index contributed by atoms with van der Waals surface area (Å²) in [6, 6.07) is 0. The third kappa shape index (κ3) is 8.68. The van der Waals surface area contributed by atoms with Gasteiger partial charge in [0.2, 0.25) is 5.91 Å². The van der Waals surface area contributed by atoms with E-state index in [1.165, 1.54) is 0 Å². The summed E-state index contributed by atoms with van der Waals surface area (Å²) in [5, 5.41) is 11.6. The molecule has 5 nitrogen and oxygen atoms in total. The Labute approximate surface area is 103 Å². The average molecular weight is 245 g/mol. The Morgan fingerprint density at radius 1 is 1.24 bits per heavy atom. The largest absolute Gasteiger partial charge is 0.481 e. The Kier molecular flexibility index (Phi) is 7.54. The second-order valence-electron chi connectivity index (χ2n) is 4.83. The number of aliphatic carboxylic acids is 1. The summed E-state index contributed by atoms with van der Waals surface area (Å²) in [4.78, 5) is 22.3. The molecular formula is C12H23NO4. The van der Waals surface area contributed by atoms with Crippen molar-refractivity contribution < 1.29 is 19.4 Å². The molecule has 0 bridgehead atoms. The minimum absolute atomic E-state index is 0.00770. The molecule has 0 heterocycles. The van der Waals surface area contributed by atoms with Crippen LogP contribution in [0.15, 0.2) is 0 Å². The molecule has 0 rings (SSSR count). The molecule has 0 saturated carbocycles. The smallest absolute Gasteiger partial charge is 0.308 e. The number of nitrogens with one attached hydrogen (secondary N) is 1. The van der Waals surface area contributed by atoms with Crippen LogP contribution < -0.4 is 5.32 Å². The van der Waals surface area contributed by atoms with Gasteiger partial charge in [0.05, 0.1) is 12.0 Å². The minimum Gasteiger partial charge on any atom is -0.481 e. The lowest BCUT2D eigenvalue weighted by Gasteiger charge is -2.15. The van der Waals surface area contributed by atoms with Crippen LogP contribution in [-0.2, 0) is 14.3 Å². The number of hydrogen-bond acceptors (Lipinski definition) is 3. The van der Waals surface area contributed by atoms with Gasteiger partial charge in [-0.3, -0.25) is 9.59 Å². The monoisotopic (exact) mass is 245 g/mol. The maximum atomic E-state index is 11.3. The molecule has 0 aromatic heterocycles. The van der Waals surface area contributed by atoms with E-state index in [2.05, 4.69) is 5.32 Å². The van der Waals surface area contributed by atoms with Crippen LogP contribution in [0.3, 0.4) is 0 Å². The van der Waals surface area contributed by atoms with E-state index < -0.39 is 11.9 Å². The highest BCUT2D eigenvalue weighted by Crippen LogP contribution is 2.10. The fraction of sp³-hybridized carbons (Fsp3) is 0.833. The molecule has 17 heavy (non-hydrogen) atoms. The number of carboxylic acids is 1. The zero-order valence-corrected chi connectivity index (χ0v) is 11.0. The Hall–Kier alpha value is -1.10. The molecule has 2 N–H and O–H groups in total. The summed E-state index contributed by atoms with van der Waals surface area (Å²) in [6.45, 7) is 7.73. The van der Waals surface area contributed by atoms with Gasteiger partial charge in [-0.05, 0) is 26.2 Å². The van der Waals surface area contributed by atoms with E-state index in [9.17, 15) is 9.59 Å². The lowest BCUT2D eigenvalue weighted by molar-refractivity contribution is -0.142. The van der Waals surface area contributed by atoms with Crippen LogP contribution in [0.1, 0.15) is 34.1 Å². The molecule has 5 heteroatoms. The van der Waals surface area contributed by atoms with Crippen LogP contribution in [0.4, 0.5) is 0 Å². The van der Waals surface area contributed by atoms with E-state index in [1.54, 1.807) is 0 Å². The van der Waals surface area contributed by atoms with Crippen LogP contribution >= 0.6 is 0 Å². The second kappa shape index (κ2) is 8.06. The highest BCUT2D eigenvalue weighted by molar-refractivity contribution is 5.78. The number of amides is 1. The number of rotatable bonds is 8. The molecular weight excluding hydrogens is 222 g/mol. The Morgan fingerprint density at radius 3 is 2.24 bits per heavy atom. The summed E-state index contributed by atoms with van der Waals surface area (Å²) >= 11 is 0. The molecule has 0 aromatic carbocycles. The van der Waals surface area contributed by atoms with Gasteiger partial charge >= 0.3 is 5.97 Å². The van der Waals surface area contributed by atoms with Crippen LogP contribution in [0.5, 0.6) is 0 Å². The molecule has 1 atom stereocenters. The summed E-state index contributed by atoms with van der Waals surface area (Å²) in [7, 11) is 0. The number of carboxylic acid groups (broad SMARTS) is 1. The zero-order chi connectivity index (χ0) is 13.4. The van der Waals surface area contributed by atoms with Crippen molar-refractivity contribution in [2.45, 2.75) is 40.2 Å². The lowest BCUT2D eigenvalue weighted by Crippen LogP contribution is -2.36. The van der Waals surface area contributed by atoms with Gasteiger partial charge in [0.1, 0.15) is 6.61 Å². The Morgan fingerprint density at radius 2 is 1.82 bits per heavy atom. The first-order valence-electron chi connectivity index (χ1n) is 5.94. The van der Waals surface area contributed by atoms with E-state index in [4.69, 9.17) is 9.84 Å². The van der Waals surface area contributed by atoms with Crippen LogP contribution in [-0.4, -0.2) is 36.2 Å². The molecule has 0 aliphatic carbocycles. The van der Waals surface area contributed by atoms with Gasteiger partial charge in [-0.1, -0.05) is 13.8 Å². The predicted molar refractivity (Wildman–Crippen MR) is 64.7 cm³/mol. The Balaban J connectivity index is 3.95. The molecule has 1 unspecified atom stereocenters. The molecule has 0 saturated heterocycles. The summed E-state index contributed by atoms with van der Waals surface area (Å²) in [6.07, 6.45) is 0.549. The average Bonchev–Trinajstić information content (AvgIpc) is 2.20. The lowest BCUT2D eigenvalue weighted by atomic mass is 9.97. The Bertz CT molecular complexity index is 251. The van der Waals surface area contributed by atoms with Crippen molar-refractivity contribution in [1.82, 2.24) is 5.32 Å². The first kappa shape index (κ1) is 15.9. The molecule has 0 aromatic rings. The molecule has 0 spiro atoms. The topological polar surface area (TPSA) is 75.6 Å². The predicted octanol–water partition coefficient (Wildman–Crippen LogP) is 1.27. The highest BCUT2D eigenvalue weighted by atomic mass is 16.5. The van der Waals surface area contributed by atoms with Gasteiger partial charge in [0, 0.05) is 6.54 Å². The maximum absolute atomic E-state index is 11.3. The molecule has 0 fully saturated rings. The summed E-state index contributed by atoms with van der Waals surface area (Å²) in [5.74, 6) is -1.38. The van der Waals surface area contributed by atoms with E-state index in [1.807, 2.05) is 27.7 Å². The van der Waals surface area contributed by atoms with Crippen molar-refractivity contribution in [3.63, 3.8) is 0 Å². The number of hydrogen-bond donors (Lipinski definition) is 2. The first-order chi connectivity index (χ1) is 7.82. The highest BCUT2D eigenvalue weighted by Gasteiger charge is 2.19. The normalized spacial score (nSPS) is 12.8. The van der Waals surface area contributed by atoms with Crippen molar-refractivity contribution in [1.29, 1.82) is 0 Å². The van der Waals surface area contributed by atoms with Crippen molar-refractivity contribution in [3.8, 4) is 0 Å². The number of ether oxygens (including phenoxy) is 1. The second-order valence-corrected chi connectivity index (χ2v) is 4.83. The third-order valence-electron chi connectivity index (χ3n) is 2.20. The standard InChI is InChI=1S/C12H23NO4/c1-8(2)5-10(12(15)16)6-13-11(14)7-17-9(3)4/h8-10H,5-7H2,1-4H3,(H,13,14)(H,15,16). The summed E-state index contributed by atoms with van der Waals surface area (Å²) < 4.78 is 5.12. The SMILES string of the molecule is CC(C)CC(CNC(=O)COC(C)C)C(=O)O. The van der Waals surface area contributed by atoms with Crippen molar-refractivity contribution in [2.75, 3.05) is 13.2 Å². The van der Waals surface area contributed by atoms with E-state index in [-0.39, 0.29) is 25.2 Å². The van der Waals surface area contributed by atoms with Gasteiger partial charge in [-0.25, -0.2) is 0 Å². The zero-order valence-electron chi connectivity index (χ0n) is 11.0. The molecule has 0 aliphatic rings. The third-order valence-corrected chi connectivity index (χ3v) is 2.20.